The lowest BCUT2D eigenvalue weighted by Gasteiger charge is -2.27. The monoisotopic (exact) mass is 764 g/mol. The summed E-state index contributed by atoms with van der Waals surface area (Å²) in [4.78, 5) is 4.59. The SMILES string of the molecule is C[Si]1(C)c2ccc(N(c3ccccc3)c3cccc4c3oc3ccccc34)cc2-c2oc3cc(N(c4ccccc4)c4cccc5c4oc4ccccc45)ccc3c21. The number of fused-ring (bicyclic) bond motifs is 11. The highest BCUT2D eigenvalue weighted by atomic mass is 28.3. The second-order valence-corrected chi connectivity index (χ2v) is 20.0. The molecule has 0 bridgehead atoms. The highest BCUT2D eigenvalue weighted by molar-refractivity contribution is 7.05. The summed E-state index contributed by atoms with van der Waals surface area (Å²) in [7, 11) is -2.16. The molecule has 5 nitrogen and oxygen atoms in total. The molecule has 58 heavy (non-hydrogen) atoms. The molecule has 0 aliphatic carbocycles. The predicted molar refractivity (Wildman–Crippen MR) is 242 cm³/mol. The van der Waals surface area contributed by atoms with E-state index in [-0.39, 0.29) is 0 Å². The Morgan fingerprint density at radius 3 is 1.47 bits per heavy atom. The number of hydrogen-bond donors (Lipinski definition) is 0. The first-order chi connectivity index (χ1) is 28.5. The highest BCUT2D eigenvalue weighted by Gasteiger charge is 2.42. The Morgan fingerprint density at radius 1 is 0.379 bits per heavy atom. The van der Waals surface area contributed by atoms with Crippen molar-refractivity contribution in [1.29, 1.82) is 0 Å². The van der Waals surface area contributed by atoms with Gasteiger partial charge in [-0.2, -0.15) is 0 Å². The number of hydrogen-bond acceptors (Lipinski definition) is 5. The van der Waals surface area contributed by atoms with Crippen LogP contribution in [0.15, 0.2) is 195 Å². The van der Waals surface area contributed by atoms with Gasteiger partial charge < -0.3 is 23.1 Å². The zero-order valence-electron chi connectivity index (χ0n) is 31.9. The van der Waals surface area contributed by atoms with E-state index in [0.717, 1.165) is 94.9 Å². The summed E-state index contributed by atoms with van der Waals surface area (Å²) in [5.41, 5.74) is 11.6. The average molecular weight is 765 g/mol. The lowest BCUT2D eigenvalue weighted by molar-refractivity contribution is 0.635. The molecule has 6 heteroatoms. The van der Waals surface area contributed by atoms with E-state index < -0.39 is 8.07 Å². The van der Waals surface area contributed by atoms with Crippen LogP contribution in [0.25, 0.3) is 66.2 Å². The van der Waals surface area contributed by atoms with E-state index in [9.17, 15) is 0 Å². The van der Waals surface area contributed by atoms with Gasteiger partial charge in [0.15, 0.2) is 11.2 Å². The molecule has 8 aromatic carbocycles. The molecule has 0 saturated carbocycles. The van der Waals surface area contributed by atoms with Crippen LogP contribution < -0.4 is 20.2 Å². The molecule has 276 valence electrons. The van der Waals surface area contributed by atoms with Gasteiger partial charge in [0.1, 0.15) is 30.6 Å². The van der Waals surface area contributed by atoms with Gasteiger partial charge in [0.05, 0.1) is 17.1 Å². The summed E-state index contributed by atoms with van der Waals surface area (Å²) in [5.74, 6) is 0.973. The van der Waals surface area contributed by atoms with Gasteiger partial charge in [0.2, 0.25) is 0 Å². The number of benzene rings is 8. The maximum Gasteiger partial charge on any atom is 0.159 e. The van der Waals surface area contributed by atoms with E-state index in [4.69, 9.17) is 13.3 Å². The second-order valence-electron chi connectivity index (χ2n) is 15.7. The first-order valence-electron chi connectivity index (χ1n) is 19.8. The van der Waals surface area contributed by atoms with Crippen LogP contribution in [0.5, 0.6) is 0 Å². The van der Waals surface area contributed by atoms with Crippen molar-refractivity contribution < 1.29 is 13.3 Å². The zero-order chi connectivity index (χ0) is 38.5. The molecule has 12 rings (SSSR count). The zero-order valence-corrected chi connectivity index (χ0v) is 32.9. The molecule has 0 unspecified atom stereocenters. The Bertz CT molecular complexity index is 3400. The van der Waals surface area contributed by atoms with E-state index in [1.807, 2.05) is 24.3 Å². The topological polar surface area (TPSA) is 45.9 Å². The molecule has 11 aromatic rings. The van der Waals surface area contributed by atoms with E-state index in [1.165, 1.54) is 15.8 Å². The summed E-state index contributed by atoms with van der Waals surface area (Å²) in [5, 5.41) is 8.31. The van der Waals surface area contributed by atoms with Crippen molar-refractivity contribution in [2.45, 2.75) is 13.1 Å². The Morgan fingerprint density at radius 2 is 0.879 bits per heavy atom. The number of rotatable bonds is 6. The third-order valence-corrected chi connectivity index (χ3v) is 15.5. The quantitative estimate of drug-likeness (QED) is 0.158. The second kappa shape index (κ2) is 12.4. The molecule has 1 aliphatic rings. The number of anilines is 6. The van der Waals surface area contributed by atoms with Crippen molar-refractivity contribution in [2.75, 3.05) is 9.80 Å². The van der Waals surface area contributed by atoms with Gasteiger partial charge in [-0.25, -0.2) is 0 Å². The lowest BCUT2D eigenvalue weighted by atomic mass is 10.1. The van der Waals surface area contributed by atoms with Gasteiger partial charge in [0.25, 0.3) is 0 Å². The normalized spacial score (nSPS) is 13.1. The first-order valence-corrected chi connectivity index (χ1v) is 22.8. The molecule has 0 amide bonds. The molecule has 0 radical (unpaired) electrons. The van der Waals surface area contributed by atoms with Crippen LogP contribution in [0, 0.1) is 0 Å². The van der Waals surface area contributed by atoms with Gasteiger partial charge in [-0.05, 0) is 83.2 Å². The first kappa shape index (κ1) is 32.9. The number of para-hydroxylation sites is 6. The smallest absolute Gasteiger partial charge is 0.159 e. The van der Waals surface area contributed by atoms with Gasteiger partial charge in [0, 0.05) is 55.6 Å². The van der Waals surface area contributed by atoms with Crippen LogP contribution in [0.4, 0.5) is 34.1 Å². The van der Waals surface area contributed by atoms with Crippen molar-refractivity contribution in [3.05, 3.63) is 182 Å². The third-order valence-electron chi connectivity index (χ3n) is 12.0. The summed E-state index contributed by atoms with van der Waals surface area (Å²) in [6, 6.07) is 64.0. The Kier molecular flexibility index (Phi) is 7.01. The van der Waals surface area contributed by atoms with Crippen LogP contribution in [-0.2, 0) is 0 Å². The largest absolute Gasteiger partial charge is 0.456 e. The summed E-state index contributed by atoms with van der Waals surface area (Å²) in [6.07, 6.45) is 0. The summed E-state index contributed by atoms with van der Waals surface area (Å²) < 4.78 is 20.2. The van der Waals surface area contributed by atoms with Crippen LogP contribution >= 0.6 is 0 Å². The minimum atomic E-state index is -2.16. The van der Waals surface area contributed by atoms with Crippen molar-refractivity contribution in [1.82, 2.24) is 0 Å². The van der Waals surface area contributed by atoms with Gasteiger partial charge >= 0.3 is 0 Å². The fourth-order valence-corrected chi connectivity index (χ4v) is 12.7. The molecule has 0 saturated heterocycles. The van der Waals surface area contributed by atoms with E-state index in [1.54, 1.807) is 0 Å². The van der Waals surface area contributed by atoms with Crippen LogP contribution in [0.1, 0.15) is 0 Å². The molecular weight excluding hydrogens is 729 g/mol. The fourth-order valence-electron chi connectivity index (χ4n) is 9.40. The standard InChI is InChI=1S/C52H36N2O3Si/c1-58(2)48-30-28-35(53(33-15-5-3-6-16-33)43-23-13-21-39-37-19-9-11-25-45(37)55-49(39)43)31-42(48)51-52(58)41-29-27-36(32-47(41)57-51)54(34-17-7-4-8-18-34)44-24-14-22-40-38-20-10-12-26-46(38)56-50(40)44/h3-32H,1-2H3. The Labute approximate surface area is 335 Å². The van der Waals surface area contributed by atoms with E-state index in [2.05, 4.69) is 181 Å². The van der Waals surface area contributed by atoms with Gasteiger partial charge in [-0.3, -0.25) is 0 Å². The number of furan rings is 3. The molecule has 0 fully saturated rings. The Hall–Kier alpha value is -7.28. The maximum absolute atomic E-state index is 7.07. The molecule has 0 N–H and O–H groups in total. The minimum absolute atomic E-state index is 0.853. The summed E-state index contributed by atoms with van der Waals surface area (Å²) in [6.45, 7) is 4.89. The minimum Gasteiger partial charge on any atom is -0.456 e. The molecule has 0 atom stereocenters. The van der Waals surface area contributed by atoms with Crippen LogP contribution in [0.3, 0.4) is 0 Å². The van der Waals surface area contributed by atoms with Gasteiger partial charge in [-0.15, -0.1) is 0 Å². The van der Waals surface area contributed by atoms with Crippen molar-refractivity contribution in [3.63, 3.8) is 0 Å². The maximum atomic E-state index is 7.07. The van der Waals surface area contributed by atoms with E-state index >= 15 is 0 Å². The van der Waals surface area contributed by atoms with Crippen LogP contribution in [0.2, 0.25) is 13.1 Å². The summed E-state index contributed by atoms with van der Waals surface area (Å²) >= 11 is 0. The van der Waals surface area contributed by atoms with Crippen molar-refractivity contribution >= 4 is 107 Å². The predicted octanol–water partition coefficient (Wildman–Crippen LogP) is 14.0. The molecule has 1 aliphatic heterocycles. The lowest BCUT2D eigenvalue weighted by Crippen LogP contribution is -2.49. The number of nitrogens with zero attached hydrogens (tertiary/aromatic N) is 2. The molecule has 3 aromatic heterocycles. The van der Waals surface area contributed by atoms with Gasteiger partial charge in [-0.1, -0.05) is 116 Å². The third kappa shape index (κ3) is 4.76. The highest BCUT2D eigenvalue weighted by Crippen LogP contribution is 2.46. The van der Waals surface area contributed by atoms with Crippen molar-refractivity contribution in [3.8, 4) is 11.3 Å². The molecular formula is C52H36N2O3Si. The Balaban J connectivity index is 1.03. The van der Waals surface area contributed by atoms with E-state index in [0.29, 0.717) is 0 Å². The van der Waals surface area contributed by atoms with Crippen molar-refractivity contribution in [2.24, 2.45) is 0 Å². The molecule has 0 spiro atoms. The average Bonchev–Trinajstić information content (AvgIpc) is 4.01. The fraction of sp³-hybridized carbons (Fsp3) is 0.0385. The molecule has 4 heterocycles. The van der Waals surface area contributed by atoms with Crippen LogP contribution in [-0.4, -0.2) is 8.07 Å².